The predicted molar refractivity (Wildman–Crippen MR) is 81.7 cm³/mol. The number of carbonyl (C=O) groups is 1. The fourth-order valence-electron chi connectivity index (χ4n) is 2.15. The molecule has 1 unspecified atom stereocenters. The molecule has 0 heterocycles. The lowest BCUT2D eigenvalue weighted by molar-refractivity contribution is -0.143. The predicted octanol–water partition coefficient (Wildman–Crippen LogP) is 2.28. The molecule has 0 aliphatic carbocycles. The monoisotopic (exact) mass is 296 g/mol. The second-order valence-electron chi connectivity index (χ2n) is 4.95. The van der Waals surface area contributed by atoms with E-state index >= 15 is 0 Å². The maximum Gasteiger partial charge on any atom is 0.327 e. The summed E-state index contributed by atoms with van der Waals surface area (Å²) >= 11 is 0. The Bertz CT molecular complexity index is 462. The van der Waals surface area contributed by atoms with E-state index in [2.05, 4.69) is 24.1 Å². The van der Waals surface area contributed by atoms with Crippen molar-refractivity contribution in [3.8, 4) is 0 Å². The van der Waals surface area contributed by atoms with Gasteiger partial charge in [-0.25, -0.2) is 9.18 Å². The number of hydrogen-bond donors (Lipinski definition) is 1. The van der Waals surface area contributed by atoms with Crippen LogP contribution in [0.4, 0.5) is 4.39 Å². The van der Waals surface area contributed by atoms with Gasteiger partial charge in [-0.05, 0) is 37.2 Å². The van der Waals surface area contributed by atoms with Crippen molar-refractivity contribution in [1.29, 1.82) is 0 Å². The van der Waals surface area contributed by atoms with Gasteiger partial charge in [0.15, 0.2) is 0 Å². The highest BCUT2D eigenvalue weighted by Gasteiger charge is 2.21. The molecule has 1 N–H and O–H groups in total. The van der Waals surface area contributed by atoms with E-state index in [1.807, 2.05) is 0 Å². The third-order valence-electron chi connectivity index (χ3n) is 3.64. The number of halogens is 1. The maximum absolute atomic E-state index is 13.7. The number of rotatable bonds is 8. The van der Waals surface area contributed by atoms with E-state index in [0.29, 0.717) is 17.7 Å². The van der Waals surface area contributed by atoms with Crippen molar-refractivity contribution < 1.29 is 13.9 Å². The third kappa shape index (κ3) is 5.10. The summed E-state index contributed by atoms with van der Waals surface area (Å²) in [6.07, 6.45) is 0. The van der Waals surface area contributed by atoms with Gasteiger partial charge in [0, 0.05) is 13.1 Å². The summed E-state index contributed by atoms with van der Waals surface area (Å²) in [6.45, 7) is 9.26. The van der Waals surface area contributed by atoms with Gasteiger partial charge in [-0.15, -0.1) is 0 Å². The Morgan fingerprint density at radius 3 is 2.57 bits per heavy atom. The lowest BCUT2D eigenvalue weighted by atomic mass is 10.0. The average molecular weight is 296 g/mol. The molecule has 0 bridgehead atoms. The summed E-state index contributed by atoms with van der Waals surface area (Å²) in [4.78, 5) is 14.1. The standard InChI is InChI=1S/C16H25FN2O2/c1-5-19(6-2)10-9-18-15(16(20)21-4)13-8-7-12(3)14(17)11-13/h7-8,11,15,18H,5-6,9-10H2,1-4H3. The van der Waals surface area contributed by atoms with Gasteiger partial charge in [0.25, 0.3) is 0 Å². The van der Waals surface area contributed by atoms with Crippen LogP contribution in [0.25, 0.3) is 0 Å². The molecule has 0 aliphatic heterocycles. The quantitative estimate of drug-likeness (QED) is 0.747. The first-order valence-corrected chi connectivity index (χ1v) is 7.33. The Kier molecular flexibility index (Phi) is 7.32. The molecule has 1 atom stereocenters. The highest BCUT2D eigenvalue weighted by atomic mass is 19.1. The molecule has 0 amide bonds. The summed E-state index contributed by atoms with van der Waals surface area (Å²) in [5.41, 5.74) is 1.15. The molecule has 118 valence electrons. The van der Waals surface area contributed by atoms with Crippen LogP contribution in [0.15, 0.2) is 18.2 Å². The van der Waals surface area contributed by atoms with Crippen LogP contribution >= 0.6 is 0 Å². The largest absolute Gasteiger partial charge is 0.468 e. The van der Waals surface area contributed by atoms with Crippen LogP contribution < -0.4 is 5.32 Å². The molecular weight excluding hydrogens is 271 g/mol. The number of likely N-dealkylation sites (N-methyl/N-ethyl adjacent to an activating group) is 1. The molecule has 1 aromatic rings. The number of carbonyl (C=O) groups excluding carboxylic acids is 1. The number of nitrogens with zero attached hydrogens (tertiary/aromatic N) is 1. The number of methoxy groups -OCH3 is 1. The molecule has 0 aromatic heterocycles. The van der Waals surface area contributed by atoms with Crippen LogP contribution in [0.3, 0.4) is 0 Å². The number of benzene rings is 1. The van der Waals surface area contributed by atoms with Crippen molar-refractivity contribution in [3.63, 3.8) is 0 Å². The topological polar surface area (TPSA) is 41.6 Å². The van der Waals surface area contributed by atoms with Gasteiger partial charge < -0.3 is 9.64 Å². The van der Waals surface area contributed by atoms with Crippen molar-refractivity contribution in [1.82, 2.24) is 10.2 Å². The second-order valence-corrected chi connectivity index (χ2v) is 4.95. The zero-order valence-corrected chi connectivity index (χ0v) is 13.3. The van der Waals surface area contributed by atoms with E-state index in [9.17, 15) is 9.18 Å². The minimum absolute atomic E-state index is 0.313. The third-order valence-corrected chi connectivity index (χ3v) is 3.64. The number of ether oxygens (including phenoxy) is 1. The summed E-state index contributed by atoms with van der Waals surface area (Å²) in [5, 5.41) is 3.15. The second kappa shape index (κ2) is 8.74. The van der Waals surface area contributed by atoms with Gasteiger partial charge in [-0.1, -0.05) is 26.0 Å². The first kappa shape index (κ1) is 17.6. The van der Waals surface area contributed by atoms with Gasteiger partial charge in [0.1, 0.15) is 11.9 Å². The summed E-state index contributed by atoms with van der Waals surface area (Å²) in [5.74, 6) is -0.718. The Morgan fingerprint density at radius 1 is 1.38 bits per heavy atom. The Balaban J connectivity index is 2.76. The molecule has 1 aromatic carbocycles. The van der Waals surface area contributed by atoms with E-state index < -0.39 is 12.0 Å². The average Bonchev–Trinajstić information content (AvgIpc) is 2.50. The van der Waals surface area contributed by atoms with E-state index in [0.717, 1.165) is 19.6 Å². The molecule has 5 heteroatoms. The smallest absolute Gasteiger partial charge is 0.327 e. The minimum atomic E-state index is -0.638. The molecule has 0 fully saturated rings. The molecule has 1 rings (SSSR count). The van der Waals surface area contributed by atoms with Crippen LogP contribution in [0, 0.1) is 12.7 Å². The van der Waals surface area contributed by atoms with Crippen LogP contribution in [0.2, 0.25) is 0 Å². The summed E-state index contributed by atoms with van der Waals surface area (Å²) < 4.78 is 18.5. The van der Waals surface area contributed by atoms with Gasteiger partial charge >= 0.3 is 5.97 Å². The van der Waals surface area contributed by atoms with Gasteiger partial charge in [0.05, 0.1) is 7.11 Å². The van der Waals surface area contributed by atoms with Crippen molar-refractivity contribution in [3.05, 3.63) is 35.1 Å². The Morgan fingerprint density at radius 2 is 2.05 bits per heavy atom. The van der Waals surface area contributed by atoms with Crippen molar-refractivity contribution in [2.45, 2.75) is 26.8 Å². The van der Waals surface area contributed by atoms with Crippen molar-refractivity contribution in [2.24, 2.45) is 0 Å². The zero-order chi connectivity index (χ0) is 15.8. The van der Waals surface area contributed by atoms with Crippen molar-refractivity contribution in [2.75, 3.05) is 33.3 Å². The van der Waals surface area contributed by atoms with Crippen LogP contribution in [0.1, 0.15) is 31.0 Å². The maximum atomic E-state index is 13.7. The van der Waals surface area contributed by atoms with Gasteiger partial charge in [-0.3, -0.25) is 5.32 Å². The molecule has 0 saturated heterocycles. The first-order valence-electron chi connectivity index (χ1n) is 7.33. The minimum Gasteiger partial charge on any atom is -0.468 e. The number of hydrogen-bond acceptors (Lipinski definition) is 4. The molecule has 21 heavy (non-hydrogen) atoms. The first-order chi connectivity index (χ1) is 10.0. The van der Waals surface area contributed by atoms with E-state index in [-0.39, 0.29) is 5.82 Å². The molecule has 0 radical (unpaired) electrons. The fourth-order valence-corrected chi connectivity index (χ4v) is 2.15. The zero-order valence-electron chi connectivity index (χ0n) is 13.3. The molecule has 0 spiro atoms. The summed E-state index contributed by atoms with van der Waals surface area (Å²) in [7, 11) is 1.34. The summed E-state index contributed by atoms with van der Waals surface area (Å²) in [6, 6.07) is 4.18. The van der Waals surface area contributed by atoms with Crippen LogP contribution in [0.5, 0.6) is 0 Å². The molecule has 4 nitrogen and oxygen atoms in total. The van der Waals surface area contributed by atoms with E-state index in [1.165, 1.54) is 13.2 Å². The van der Waals surface area contributed by atoms with Crippen molar-refractivity contribution >= 4 is 5.97 Å². The molecular formula is C16H25FN2O2. The van der Waals surface area contributed by atoms with E-state index in [4.69, 9.17) is 4.74 Å². The SMILES string of the molecule is CCN(CC)CCNC(C(=O)OC)c1ccc(C)c(F)c1. The lowest BCUT2D eigenvalue weighted by Crippen LogP contribution is -2.36. The van der Waals surface area contributed by atoms with Gasteiger partial charge in [0.2, 0.25) is 0 Å². The highest BCUT2D eigenvalue weighted by molar-refractivity contribution is 5.77. The lowest BCUT2D eigenvalue weighted by Gasteiger charge is -2.21. The molecule has 0 saturated carbocycles. The fraction of sp³-hybridized carbons (Fsp3) is 0.562. The van der Waals surface area contributed by atoms with Gasteiger partial charge in [-0.2, -0.15) is 0 Å². The highest BCUT2D eigenvalue weighted by Crippen LogP contribution is 2.18. The normalized spacial score (nSPS) is 12.5. The Hall–Kier alpha value is -1.46. The molecule has 0 aliphatic rings. The van der Waals surface area contributed by atoms with Crippen LogP contribution in [-0.2, 0) is 9.53 Å². The number of esters is 1. The van der Waals surface area contributed by atoms with E-state index in [1.54, 1.807) is 19.1 Å². The Labute approximate surface area is 126 Å². The van der Waals surface area contributed by atoms with Crippen LogP contribution in [-0.4, -0.2) is 44.2 Å². The number of nitrogens with one attached hydrogen (secondary N) is 1. The number of aryl methyl sites for hydroxylation is 1.